The highest BCUT2D eigenvalue weighted by Crippen LogP contribution is 2.27. The number of carbonyl (C=O) groups is 1. The molecule has 0 saturated heterocycles. The van der Waals surface area contributed by atoms with Crippen LogP contribution in [-0.2, 0) is 11.3 Å². The van der Waals surface area contributed by atoms with Gasteiger partial charge < -0.3 is 10.1 Å². The van der Waals surface area contributed by atoms with E-state index in [2.05, 4.69) is 27.8 Å². The van der Waals surface area contributed by atoms with Gasteiger partial charge >= 0.3 is 6.09 Å². The van der Waals surface area contributed by atoms with Crippen molar-refractivity contribution in [2.75, 3.05) is 5.32 Å². The third-order valence-electron chi connectivity index (χ3n) is 4.33. The fraction of sp³-hybridized carbons (Fsp3) is 0.765. The van der Waals surface area contributed by atoms with Crippen molar-refractivity contribution in [1.29, 1.82) is 0 Å². The third-order valence-corrected chi connectivity index (χ3v) is 4.33. The molecule has 0 bridgehead atoms. The van der Waals surface area contributed by atoms with E-state index >= 15 is 0 Å². The lowest BCUT2D eigenvalue weighted by Crippen LogP contribution is -2.38. The van der Waals surface area contributed by atoms with E-state index in [1.807, 2.05) is 20.8 Å². The minimum atomic E-state index is -0.515. The van der Waals surface area contributed by atoms with Crippen molar-refractivity contribution in [1.82, 2.24) is 15.5 Å². The number of carbonyl (C=O) groups excluding carboxylic acids is 1. The first kappa shape index (κ1) is 17.8. The van der Waals surface area contributed by atoms with E-state index in [0.717, 1.165) is 11.5 Å². The van der Waals surface area contributed by atoms with Gasteiger partial charge in [-0.1, -0.05) is 26.2 Å². The first-order chi connectivity index (χ1) is 10.9. The maximum absolute atomic E-state index is 11.9. The highest BCUT2D eigenvalue weighted by molar-refractivity contribution is 5.84. The van der Waals surface area contributed by atoms with Crippen LogP contribution in [0.25, 0.3) is 0 Å². The Labute approximate surface area is 138 Å². The van der Waals surface area contributed by atoms with Crippen LogP contribution >= 0.6 is 0 Å². The summed E-state index contributed by atoms with van der Waals surface area (Å²) in [5, 5.41) is 13.2. The summed E-state index contributed by atoms with van der Waals surface area (Å²) in [5.41, 5.74) is 0.440. The van der Waals surface area contributed by atoms with Crippen LogP contribution in [0.5, 0.6) is 0 Å². The maximum Gasteiger partial charge on any atom is 0.413 e. The molecule has 6 nitrogen and oxygen atoms in total. The van der Waals surface area contributed by atoms with Crippen LogP contribution in [0.2, 0.25) is 0 Å². The Bertz CT molecular complexity index is 507. The van der Waals surface area contributed by atoms with Gasteiger partial charge in [-0.2, -0.15) is 5.10 Å². The molecule has 1 amide bonds. The molecule has 0 aromatic carbocycles. The van der Waals surface area contributed by atoms with Gasteiger partial charge in [0, 0.05) is 18.2 Å². The predicted octanol–water partition coefficient (Wildman–Crippen LogP) is 3.82. The fourth-order valence-electron chi connectivity index (χ4n) is 3.17. The van der Waals surface area contributed by atoms with Gasteiger partial charge in [0.15, 0.2) is 0 Å². The highest BCUT2D eigenvalue weighted by Gasteiger charge is 2.24. The molecule has 6 heteroatoms. The van der Waals surface area contributed by atoms with Gasteiger partial charge in [-0.15, -0.1) is 0 Å². The molecular formula is C17H30N4O2. The normalized spacial score (nSPS) is 21.9. The first-order valence-electron chi connectivity index (χ1n) is 8.64. The number of hydrogen-bond acceptors (Lipinski definition) is 4. The molecule has 1 fully saturated rings. The number of ether oxygens (including phenoxy) is 1. The Kier molecular flexibility index (Phi) is 6.04. The lowest BCUT2D eigenvalue weighted by Gasteiger charge is -2.31. The SMILES string of the molecule is CCC1CCCCC1NCc1cn[nH]c1NC(=O)OC(C)(C)C. The lowest BCUT2D eigenvalue weighted by atomic mass is 9.83. The maximum atomic E-state index is 11.9. The van der Waals surface area contributed by atoms with Crippen LogP contribution in [0.15, 0.2) is 6.20 Å². The van der Waals surface area contributed by atoms with Crippen molar-refractivity contribution in [2.24, 2.45) is 5.92 Å². The lowest BCUT2D eigenvalue weighted by molar-refractivity contribution is 0.0635. The molecule has 0 aliphatic heterocycles. The van der Waals surface area contributed by atoms with Crippen LogP contribution in [0.4, 0.5) is 10.6 Å². The molecular weight excluding hydrogens is 292 g/mol. The number of nitrogens with zero attached hydrogens (tertiary/aromatic N) is 1. The van der Waals surface area contributed by atoms with Crippen LogP contribution in [0.1, 0.15) is 65.4 Å². The molecule has 2 unspecified atom stereocenters. The average molecular weight is 322 g/mol. The summed E-state index contributed by atoms with van der Waals surface area (Å²) >= 11 is 0. The van der Waals surface area contributed by atoms with E-state index in [1.165, 1.54) is 32.1 Å². The van der Waals surface area contributed by atoms with Crippen LogP contribution in [0.3, 0.4) is 0 Å². The van der Waals surface area contributed by atoms with Gasteiger partial charge in [-0.3, -0.25) is 10.4 Å². The van der Waals surface area contributed by atoms with Crippen molar-refractivity contribution in [3.8, 4) is 0 Å². The van der Waals surface area contributed by atoms with E-state index < -0.39 is 11.7 Å². The zero-order chi connectivity index (χ0) is 16.9. The van der Waals surface area contributed by atoms with E-state index in [0.29, 0.717) is 18.4 Å². The molecule has 23 heavy (non-hydrogen) atoms. The zero-order valence-electron chi connectivity index (χ0n) is 14.7. The van der Waals surface area contributed by atoms with Crippen molar-refractivity contribution in [3.63, 3.8) is 0 Å². The van der Waals surface area contributed by atoms with Gasteiger partial charge in [0.25, 0.3) is 0 Å². The summed E-state index contributed by atoms with van der Waals surface area (Å²) in [6.07, 6.45) is 7.67. The number of anilines is 1. The number of nitrogens with one attached hydrogen (secondary N) is 3. The first-order valence-corrected chi connectivity index (χ1v) is 8.64. The molecule has 2 rings (SSSR count). The quantitative estimate of drug-likeness (QED) is 0.770. The van der Waals surface area contributed by atoms with Gasteiger partial charge in [-0.05, 0) is 39.5 Å². The second kappa shape index (κ2) is 7.81. The van der Waals surface area contributed by atoms with Gasteiger partial charge in [0.2, 0.25) is 0 Å². The van der Waals surface area contributed by atoms with Crippen LogP contribution < -0.4 is 10.6 Å². The summed E-state index contributed by atoms with van der Waals surface area (Å²) in [6.45, 7) is 8.49. The van der Waals surface area contributed by atoms with Crippen molar-refractivity contribution in [2.45, 2.75) is 78.0 Å². The van der Waals surface area contributed by atoms with Gasteiger partial charge in [0.05, 0.1) is 6.20 Å². The Morgan fingerprint density at radius 3 is 2.83 bits per heavy atom. The number of aromatic amines is 1. The molecule has 1 aliphatic carbocycles. The molecule has 1 saturated carbocycles. The summed E-state index contributed by atoms with van der Waals surface area (Å²) < 4.78 is 5.28. The minimum Gasteiger partial charge on any atom is -0.444 e. The Balaban J connectivity index is 1.89. The van der Waals surface area contributed by atoms with Crippen LogP contribution in [-0.4, -0.2) is 27.9 Å². The van der Waals surface area contributed by atoms with Crippen LogP contribution in [0, 0.1) is 5.92 Å². The number of rotatable bonds is 5. The molecule has 1 heterocycles. The largest absolute Gasteiger partial charge is 0.444 e. The van der Waals surface area contributed by atoms with Crippen molar-refractivity contribution >= 4 is 11.9 Å². The Hall–Kier alpha value is -1.56. The smallest absolute Gasteiger partial charge is 0.413 e. The standard InChI is InChI=1S/C17H30N4O2/c1-5-12-8-6-7-9-14(12)18-10-13-11-19-21-15(13)20-16(22)23-17(2,3)4/h11-12,14,18H,5-10H2,1-4H3,(H2,19,20,21,22). The van der Waals surface area contributed by atoms with E-state index in [4.69, 9.17) is 4.74 Å². The topological polar surface area (TPSA) is 79.0 Å². The molecule has 3 N–H and O–H groups in total. The molecule has 130 valence electrons. The second-order valence-corrected chi connectivity index (χ2v) is 7.34. The number of aromatic nitrogens is 2. The Morgan fingerprint density at radius 2 is 2.13 bits per heavy atom. The summed E-state index contributed by atoms with van der Waals surface area (Å²) in [4.78, 5) is 11.9. The Morgan fingerprint density at radius 1 is 1.39 bits per heavy atom. The summed E-state index contributed by atoms with van der Waals surface area (Å²) in [5.74, 6) is 1.36. The number of amides is 1. The van der Waals surface area contributed by atoms with Gasteiger partial charge in [0.1, 0.15) is 11.4 Å². The molecule has 2 atom stereocenters. The second-order valence-electron chi connectivity index (χ2n) is 7.34. The summed E-state index contributed by atoms with van der Waals surface area (Å²) in [6, 6.07) is 0.554. The van der Waals surface area contributed by atoms with Gasteiger partial charge in [-0.25, -0.2) is 4.79 Å². The van der Waals surface area contributed by atoms with E-state index in [1.54, 1.807) is 6.20 Å². The average Bonchev–Trinajstić information content (AvgIpc) is 2.90. The molecule has 0 radical (unpaired) electrons. The summed E-state index contributed by atoms with van der Waals surface area (Å²) in [7, 11) is 0. The molecule has 1 aromatic heterocycles. The molecule has 1 aromatic rings. The van der Waals surface area contributed by atoms with E-state index in [-0.39, 0.29) is 0 Å². The fourth-order valence-corrected chi connectivity index (χ4v) is 3.17. The zero-order valence-corrected chi connectivity index (χ0v) is 14.7. The molecule has 1 aliphatic rings. The van der Waals surface area contributed by atoms with Crippen molar-refractivity contribution < 1.29 is 9.53 Å². The third kappa shape index (κ3) is 5.53. The number of H-pyrrole nitrogens is 1. The van der Waals surface area contributed by atoms with Crippen molar-refractivity contribution in [3.05, 3.63) is 11.8 Å². The minimum absolute atomic E-state index is 0.466. The number of hydrogen-bond donors (Lipinski definition) is 3. The van der Waals surface area contributed by atoms with E-state index in [9.17, 15) is 4.79 Å². The molecule has 0 spiro atoms. The predicted molar refractivity (Wildman–Crippen MR) is 91.3 cm³/mol. The highest BCUT2D eigenvalue weighted by atomic mass is 16.6. The monoisotopic (exact) mass is 322 g/mol.